The van der Waals surface area contributed by atoms with Crippen LogP contribution in [0.2, 0.25) is 0 Å². The van der Waals surface area contributed by atoms with E-state index in [0.717, 1.165) is 37.8 Å². The zero-order valence-electron chi connectivity index (χ0n) is 14.5. The highest BCUT2D eigenvalue weighted by Gasteiger charge is 2.33. The number of carbonyl (C=O) groups is 1. The minimum absolute atomic E-state index is 0.0371. The maximum atomic E-state index is 13.1. The Hall–Kier alpha value is -2.27. The van der Waals surface area contributed by atoms with Gasteiger partial charge in [-0.2, -0.15) is 0 Å². The highest BCUT2D eigenvalue weighted by molar-refractivity contribution is 5.94. The lowest BCUT2D eigenvalue weighted by Crippen LogP contribution is -2.47. The summed E-state index contributed by atoms with van der Waals surface area (Å²) in [6.07, 6.45) is 7.68. The number of rotatable bonds is 5. The van der Waals surface area contributed by atoms with Gasteiger partial charge in [0.25, 0.3) is 0 Å². The summed E-state index contributed by atoms with van der Waals surface area (Å²) in [5, 5.41) is 2.93. The van der Waals surface area contributed by atoms with Gasteiger partial charge in [0.2, 0.25) is 5.91 Å². The monoisotopic (exact) mass is 341 g/mol. The Balaban J connectivity index is 1.77. The normalized spacial score (nSPS) is 19.4. The number of pyridine rings is 1. The van der Waals surface area contributed by atoms with Crippen molar-refractivity contribution in [1.82, 2.24) is 9.88 Å². The first-order valence-electron chi connectivity index (χ1n) is 8.91. The number of hydrogen-bond donors (Lipinski definition) is 1. The third-order valence-electron chi connectivity index (χ3n) is 4.81. The minimum Gasteiger partial charge on any atom is -0.325 e. The molecule has 1 fully saturated rings. The lowest BCUT2D eigenvalue weighted by molar-refractivity contribution is -0.123. The van der Waals surface area contributed by atoms with E-state index in [-0.39, 0.29) is 23.8 Å². The number of amides is 1. The molecule has 2 heterocycles. The van der Waals surface area contributed by atoms with Gasteiger partial charge in [-0.05, 0) is 61.7 Å². The highest BCUT2D eigenvalue weighted by Crippen LogP contribution is 2.33. The number of aromatic nitrogens is 1. The molecular formula is C20H24FN3O. The second-order valence-corrected chi connectivity index (χ2v) is 6.46. The Labute approximate surface area is 148 Å². The zero-order chi connectivity index (χ0) is 17.6. The fourth-order valence-corrected chi connectivity index (χ4v) is 3.59. The maximum Gasteiger partial charge on any atom is 0.241 e. The molecule has 1 amide bonds. The number of carbonyl (C=O) groups excluding carboxylic acids is 1. The summed E-state index contributed by atoms with van der Waals surface area (Å²) < 4.78 is 13.1. The molecule has 2 atom stereocenters. The first-order valence-corrected chi connectivity index (χ1v) is 8.91. The number of anilines is 1. The molecule has 1 aromatic carbocycles. The smallest absolute Gasteiger partial charge is 0.241 e. The van der Waals surface area contributed by atoms with Gasteiger partial charge in [0.1, 0.15) is 5.82 Å². The van der Waals surface area contributed by atoms with Crippen LogP contribution < -0.4 is 5.32 Å². The van der Waals surface area contributed by atoms with Crippen molar-refractivity contribution in [2.75, 3.05) is 11.9 Å². The molecule has 0 radical (unpaired) electrons. The number of nitrogens with one attached hydrogen (secondary N) is 1. The van der Waals surface area contributed by atoms with Gasteiger partial charge in [-0.15, -0.1) is 0 Å². The summed E-state index contributed by atoms with van der Waals surface area (Å²) in [6, 6.07) is 9.93. The molecule has 4 nitrogen and oxygen atoms in total. The van der Waals surface area contributed by atoms with Crippen molar-refractivity contribution >= 4 is 11.6 Å². The van der Waals surface area contributed by atoms with Gasteiger partial charge in [-0.25, -0.2) is 4.39 Å². The van der Waals surface area contributed by atoms with Gasteiger partial charge < -0.3 is 5.32 Å². The summed E-state index contributed by atoms with van der Waals surface area (Å²) in [7, 11) is 0. The molecule has 0 saturated carbocycles. The van der Waals surface area contributed by atoms with Crippen LogP contribution in [0.1, 0.15) is 44.2 Å². The van der Waals surface area contributed by atoms with Crippen LogP contribution in [0.25, 0.3) is 0 Å². The molecule has 5 heteroatoms. The van der Waals surface area contributed by atoms with Crippen molar-refractivity contribution in [1.29, 1.82) is 0 Å². The van der Waals surface area contributed by atoms with Gasteiger partial charge in [-0.1, -0.05) is 19.4 Å². The molecule has 1 aromatic heterocycles. The number of nitrogens with zero attached hydrogens (tertiary/aromatic N) is 2. The molecule has 25 heavy (non-hydrogen) atoms. The van der Waals surface area contributed by atoms with Crippen LogP contribution in [-0.4, -0.2) is 28.4 Å². The molecule has 2 aromatic rings. The second-order valence-electron chi connectivity index (χ2n) is 6.46. The first kappa shape index (κ1) is 17.5. The lowest BCUT2D eigenvalue weighted by atomic mass is 9.93. The quantitative estimate of drug-likeness (QED) is 0.888. The summed E-state index contributed by atoms with van der Waals surface area (Å²) in [6.45, 7) is 2.93. The Morgan fingerprint density at radius 3 is 2.80 bits per heavy atom. The van der Waals surface area contributed by atoms with E-state index < -0.39 is 0 Å². The van der Waals surface area contributed by atoms with E-state index in [9.17, 15) is 9.18 Å². The fourth-order valence-electron chi connectivity index (χ4n) is 3.59. The van der Waals surface area contributed by atoms with Crippen molar-refractivity contribution in [2.45, 2.75) is 44.7 Å². The fraction of sp³-hybridized carbons (Fsp3) is 0.400. The van der Waals surface area contributed by atoms with Crippen molar-refractivity contribution in [3.63, 3.8) is 0 Å². The molecule has 3 rings (SSSR count). The van der Waals surface area contributed by atoms with Gasteiger partial charge in [-0.3, -0.25) is 14.7 Å². The molecule has 0 aliphatic carbocycles. The molecule has 132 valence electrons. The van der Waals surface area contributed by atoms with Crippen molar-refractivity contribution in [3.05, 3.63) is 60.2 Å². The summed E-state index contributed by atoms with van der Waals surface area (Å²) >= 11 is 0. The predicted molar refractivity (Wildman–Crippen MR) is 96.6 cm³/mol. The van der Waals surface area contributed by atoms with Crippen LogP contribution in [-0.2, 0) is 4.79 Å². The minimum atomic E-state index is -0.308. The Morgan fingerprint density at radius 2 is 2.12 bits per heavy atom. The van der Waals surface area contributed by atoms with E-state index in [4.69, 9.17) is 0 Å². The van der Waals surface area contributed by atoms with Crippen LogP contribution in [0.15, 0.2) is 48.8 Å². The Kier molecular flexibility index (Phi) is 5.76. The second kappa shape index (κ2) is 8.21. The predicted octanol–water partition coefficient (Wildman–Crippen LogP) is 4.17. The standard InChI is InChI=1S/C20H24FN3O/c1-2-18(20(25)23-17-10-8-16(21)9-11-17)24-13-4-3-7-19(24)15-6-5-12-22-14-15/h5-6,8-12,14,18-19H,2-4,7,13H2,1H3,(H,23,25). The molecule has 1 saturated heterocycles. The lowest BCUT2D eigenvalue weighted by Gasteiger charge is -2.40. The third-order valence-corrected chi connectivity index (χ3v) is 4.81. The summed E-state index contributed by atoms with van der Waals surface area (Å²) in [5.74, 6) is -0.345. The maximum absolute atomic E-state index is 13.1. The number of piperidine rings is 1. The summed E-state index contributed by atoms with van der Waals surface area (Å²) in [5.41, 5.74) is 1.79. The Bertz CT molecular complexity index is 690. The third kappa shape index (κ3) is 4.23. The average molecular weight is 341 g/mol. The van der Waals surface area contributed by atoms with Gasteiger partial charge >= 0.3 is 0 Å². The van der Waals surface area contributed by atoms with E-state index in [1.807, 2.05) is 19.2 Å². The molecular weight excluding hydrogens is 317 g/mol. The number of halogens is 1. The van der Waals surface area contributed by atoms with Crippen molar-refractivity contribution in [2.24, 2.45) is 0 Å². The topological polar surface area (TPSA) is 45.2 Å². The molecule has 2 unspecified atom stereocenters. The van der Waals surface area contributed by atoms with E-state index in [1.54, 1.807) is 18.3 Å². The van der Waals surface area contributed by atoms with E-state index in [1.165, 1.54) is 12.1 Å². The Morgan fingerprint density at radius 1 is 1.32 bits per heavy atom. The van der Waals surface area contributed by atoms with E-state index in [2.05, 4.69) is 21.3 Å². The largest absolute Gasteiger partial charge is 0.325 e. The average Bonchev–Trinajstić information content (AvgIpc) is 2.65. The molecule has 1 N–H and O–H groups in total. The molecule has 0 bridgehead atoms. The van der Waals surface area contributed by atoms with Gasteiger partial charge in [0.05, 0.1) is 6.04 Å². The van der Waals surface area contributed by atoms with Gasteiger partial charge in [0, 0.05) is 24.1 Å². The van der Waals surface area contributed by atoms with Crippen molar-refractivity contribution in [3.8, 4) is 0 Å². The SMILES string of the molecule is CCC(C(=O)Nc1ccc(F)cc1)N1CCCCC1c1cccnc1. The van der Waals surface area contributed by atoms with E-state index in [0.29, 0.717) is 5.69 Å². The number of likely N-dealkylation sites (tertiary alicyclic amines) is 1. The molecule has 1 aliphatic heterocycles. The highest BCUT2D eigenvalue weighted by atomic mass is 19.1. The van der Waals surface area contributed by atoms with Crippen LogP contribution in [0.3, 0.4) is 0 Å². The van der Waals surface area contributed by atoms with Crippen LogP contribution in [0.5, 0.6) is 0 Å². The zero-order valence-corrected chi connectivity index (χ0v) is 14.5. The summed E-state index contributed by atoms with van der Waals surface area (Å²) in [4.78, 5) is 19.4. The van der Waals surface area contributed by atoms with Crippen LogP contribution in [0, 0.1) is 5.82 Å². The van der Waals surface area contributed by atoms with E-state index >= 15 is 0 Å². The molecule has 0 spiro atoms. The van der Waals surface area contributed by atoms with Crippen molar-refractivity contribution < 1.29 is 9.18 Å². The number of hydrogen-bond acceptors (Lipinski definition) is 3. The first-order chi connectivity index (χ1) is 12.2. The number of benzene rings is 1. The van der Waals surface area contributed by atoms with Gasteiger partial charge in [0.15, 0.2) is 0 Å². The van der Waals surface area contributed by atoms with Crippen LogP contribution in [0.4, 0.5) is 10.1 Å². The van der Waals surface area contributed by atoms with Crippen LogP contribution >= 0.6 is 0 Å². The molecule has 1 aliphatic rings.